The van der Waals surface area contributed by atoms with Crippen LogP contribution in [0.2, 0.25) is 0 Å². The third-order valence-electron chi connectivity index (χ3n) is 5.68. The van der Waals surface area contributed by atoms with E-state index in [4.69, 9.17) is 14.2 Å². The van der Waals surface area contributed by atoms with Crippen molar-refractivity contribution in [2.24, 2.45) is 0 Å². The van der Waals surface area contributed by atoms with Crippen LogP contribution in [0.1, 0.15) is 37.4 Å². The zero-order valence-corrected chi connectivity index (χ0v) is 21.8. The fraction of sp³-hybridized carbons (Fsp3) is 0.333. The van der Waals surface area contributed by atoms with E-state index in [9.17, 15) is 9.59 Å². The Hall–Kier alpha value is -3.84. The smallest absolute Gasteiger partial charge is 0.261 e. The van der Waals surface area contributed by atoms with Crippen LogP contribution >= 0.6 is 0 Å². The highest BCUT2D eigenvalue weighted by atomic mass is 16.5. The van der Waals surface area contributed by atoms with Gasteiger partial charge in [-0.15, -0.1) is 0 Å². The van der Waals surface area contributed by atoms with Crippen molar-refractivity contribution < 1.29 is 23.8 Å². The highest BCUT2D eigenvalue weighted by Crippen LogP contribution is 2.25. The number of nitrogens with one attached hydrogen (secondary N) is 1. The van der Waals surface area contributed by atoms with Crippen LogP contribution in [-0.2, 0) is 20.9 Å². The Morgan fingerprint density at radius 2 is 1.51 bits per heavy atom. The number of amides is 2. The minimum Gasteiger partial charge on any atom is -0.497 e. The Bertz CT molecular complexity index is 1090. The lowest BCUT2D eigenvalue weighted by molar-refractivity contribution is -0.143. The number of hydrogen-bond donors (Lipinski definition) is 1. The van der Waals surface area contributed by atoms with E-state index in [1.54, 1.807) is 24.1 Å². The molecule has 0 radical (unpaired) electrons. The second-order valence-electron chi connectivity index (χ2n) is 8.85. The summed E-state index contributed by atoms with van der Waals surface area (Å²) < 4.78 is 16.6. The van der Waals surface area contributed by atoms with Gasteiger partial charge in [0.15, 0.2) is 6.61 Å². The number of nitrogens with zero attached hydrogens (tertiary/aromatic N) is 1. The molecular formula is C30H36N2O5. The van der Waals surface area contributed by atoms with Crippen LogP contribution in [0.25, 0.3) is 0 Å². The minimum atomic E-state index is -0.832. The maximum Gasteiger partial charge on any atom is 0.261 e. The van der Waals surface area contributed by atoms with E-state index in [0.29, 0.717) is 25.3 Å². The molecule has 0 unspecified atom stereocenters. The van der Waals surface area contributed by atoms with Crippen molar-refractivity contribution in [3.63, 3.8) is 0 Å². The fourth-order valence-electron chi connectivity index (χ4n) is 3.80. The van der Waals surface area contributed by atoms with Crippen molar-refractivity contribution in [3.8, 4) is 11.5 Å². The van der Waals surface area contributed by atoms with Crippen molar-refractivity contribution in [2.45, 2.75) is 39.0 Å². The third kappa shape index (κ3) is 8.95. The molecule has 1 atom stereocenters. The molecule has 1 N–H and O–H groups in total. The molecule has 0 bridgehead atoms. The van der Waals surface area contributed by atoms with E-state index >= 15 is 0 Å². The normalized spacial score (nSPS) is 11.6. The van der Waals surface area contributed by atoms with Gasteiger partial charge in [0.25, 0.3) is 5.91 Å². The molecule has 0 aromatic heterocycles. The Kier molecular flexibility index (Phi) is 11.0. The standard InChI is InChI=1S/C30H36N2O5/c1-23(2)36-20-10-19-31-30(34)29(25-11-6-4-7-12-25)32(21-24-15-17-26(35-3)18-16-24)28(33)22-37-27-13-8-5-9-14-27/h4-9,11-18,23,29H,10,19-22H2,1-3H3,(H,31,34)/t29-/m0/s1. The summed E-state index contributed by atoms with van der Waals surface area (Å²) in [6.07, 6.45) is 0.810. The van der Waals surface area contributed by atoms with E-state index in [1.165, 1.54) is 0 Å². The molecule has 7 nitrogen and oxygen atoms in total. The molecular weight excluding hydrogens is 468 g/mol. The largest absolute Gasteiger partial charge is 0.497 e. The molecule has 0 saturated carbocycles. The molecule has 0 heterocycles. The third-order valence-corrected chi connectivity index (χ3v) is 5.68. The average molecular weight is 505 g/mol. The maximum atomic E-state index is 13.6. The highest BCUT2D eigenvalue weighted by Gasteiger charge is 2.31. The number of benzene rings is 3. The second kappa shape index (κ2) is 14.7. The lowest BCUT2D eigenvalue weighted by Gasteiger charge is -2.31. The fourth-order valence-corrected chi connectivity index (χ4v) is 3.80. The van der Waals surface area contributed by atoms with Gasteiger partial charge < -0.3 is 24.4 Å². The molecule has 3 aromatic rings. The van der Waals surface area contributed by atoms with Gasteiger partial charge in [-0.25, -0.2) is 0 Å². The molecule has 7 heteroatoms. The van der Waals surface area contributed by atoms with E-state index in [0.717, 1.165) is 16.9 Å². The quantitative estimate of drug-likeness (QED) is 0.320. The van der Waals surface area contributed by atoms with Gasteiger partial charge in [0.2, 0.25) is 5.91 Å². The van der Waals surface area contributed by atoms with E-state index in [2.05, 4.69) is 5.32 Å². The van der Waals surface area contributed by atoms with Crippen LogP contribution < -0.4 is 14.8 Å². The van der Waals surface area contributed by atoms with Crippen LogP contribution in [0.15, 0.2) is 84.9 Å². The zero-order chi connectivity index (χ0) is 26.5. The first-order chi connectivity index (χ1) is 18.0. The van der Waals surface area contributed by atoms with E-state index in [-0.39, 0.29) is 31.1 Å². The topological polar surface area (TPSA) is 77.1 Å². The zero-order valence-electron chi connectivity index (χ0n) is 21.8. The molecule has 196 valence electrons. The number of hydrogen-bond acceptors (Lipinski definition) is 5. The van der Waals surface area contributed by atoms with Gasteiger partial charge in [0.05, 0.1) is 13.2 Å². The van der Waals surface area contributed by atoms with Gasteiger partial charge in [-0.2, -0.15) is 0 Å². The number of carbonyl (C=O) groups excluding carboxylic acids is 2. The first-order valence-electron chi connectivity index (χ1n) is 12.5. The Morgan fingerprint density at radius 3 is 2.14 bits per heavy atom. The average Bonchev–Trinajstić information content (AvgIpc) is 2.92. The highest BCUT2D eigenvalue weighted by molar-refractivity contribution is 5.89. The lowest BCUT2D eigenvalue weighted by atomic mass is 10.0. The first-order valence-corrected chi connectivity index (χ1v) is 12.5. The Balaban J connectivity index is 1.84. The van der Waals surface area contributed by atoms with Crippen LogP contribution in [0, 0.1) is 0 Å². The van der Waals surface area contributed by atoms with Gasteiger partial charge >= 0.3 is 0 Å². The molecule has 2 amide bonds. The predicted octanol–water partition coefficient (Wildman–Crippen LogP) is 4.78. The van der Waals surface area contributed by atoms with Gasteiger partial charge in [-0.1, -0.05) is 60.7 Å². The van der Waals surface area contributed by atoms with E-state index in [1.807, 2.05) is 86.6 Å². The lowest BCUT2D eigenvalue weighted by Crippen LogP contribution is -2.45. The first kappa shape index (κ1) is 27.7. The van der Waals surface area contributed by atoms with Crippen molar-refractivity contribution >= 4 is 11.8 Å². The van der Waals surface area contributed by atoms with Crippen molar-refractivity contribution in [1.82, 2.24) is 10.2 Å². The number of methoxy groups -OCH3 is 1. The van der Waals surface area contributed by atoms with Crippen LogP contribution in [0.5, 0.6) is 11.5 Å². The summed E-state index contributed by atoms with van der Waals surface area (Å²) in [7, 11) is 1.60. The van der Waals surface area contributed by atoms with E-state index < -0.39 is 6.04 Å². The monoisotopic (exact) mass is 504 g/mol. The summed E-state index contributed by atoms with van der Waals surface area (Å²) in [4.78, 5) is 28.7. The predicted molar refractivity (Wildman–Crippen MR) is 143 cm³/mol. The van der Waals surface area contributed by atoms with Crippen LogP contribution in [-0.4, -0.2) is 49.7 Å². The van der Waals surface area contributed by atoms with Gasteiger partial charge in [-0.05, 0) is 55.7 Å². The number of para-hydroxylation sites is 1. The summed E-state index contributed by atoms with van der Waals surface area (Å²) in [6.45, 7) is 4.98. The molecule has 3 rings (SSSR count). The molecule has 0 spiro atoms. The summed E-state index contributed by atoms with van der Waals surface area (Å²) in [5.74, 6) is 0.755. The summed E-state index contributed by atoms with van der Waals surface area (Å²) in [6, 6.07) is 25.1. The van der Waals surface area contributed by atoms with Crippen molar-refractivity contribution in [2.75, 3.05) is 26.9 Å². The van der Waals surface area contributed by atoms with Crippen molar-refractivity contribution in [3.05, 3.63) is 96.1 Å². The molecule has 37 heavy (non-hydrogen) atoms. The van der Waals surface area contributed by atoms with Gasteiger partial charge in [-0.3, -0.25) is 9.59 Å². The summed E-state index contributed by atoms with van der Waals surface area (Å²) in [5, 5.41) is 2.99. The second-order valence-corrected chi connectivity index (χ2v) is 8.85. The molecule has 0 aliphatic heterocycles. The number of ether oxygens (including phenoxy) is 3. The molecule has 3 aromatic carbocycles. The molecule has 0 aliphatic carbocycles. The van der Waals surface area contributed by atoms with Gasteiger partial charge in [0.1, 0.15) is 17.5 Å². The maximum absolute atomic E-state index is 13.6. The Morgan fingerprint density at radius 1 is 0.865 bits per heavy atom. The number of rotatable bonds is 14. The summed E-state index contributed by atoms with van der Waals surface area (Å²) in [5.41, 5.74) is 1.59. The molecule has 0 aliphatic rings. The van der Waals surface area contributed by atoms with Crippen LogP contribution in [0.3, 0.4) is 0 Å². The van der Waals surface area contributed by atoms with Crippen molar-refractivity contribution in [1.29, 1.82) is 0 Å². The molecule has 0 fully saturated rings. The van der Waals surface area contributed by atoms with Crippen LogP contribution in [0.4, 0.5) is 0 Å². The Labute approximate surface area is 219 Å². The van der Waals surface area contributed by atoms with Gasteiger partial charge in [0, 0.05) is 19.7 Å². The SMILES string of the molecule is COc1ccc(CN(C(=O)COc2ccccc2)[C@H](C(=O)NCCCOC(C)C)c2ccccc2)cc1. The minimum absolute atomic E-state index is 0.134. The number of carbonyl (C=O) groups is 2. The molecule has 0 saturated heterocycles. The summed E-state index contributed by atoms with van der Waals surface area (Å²) >= 11 is 0.